The molecule has 1 aliphatic heterocycles. The van der Waals surface area contributed by atoms with E-state index in [9.17, 15) is 14.4 Å². The quantitative estimate of drug-likeness (QED) is 0.372. The van der Waals surface area contributed by atoms with Crippen molar-refractivity contribution in [1.29, 1.82) is 0 Å². The number of ether oxygens (including phenoxy) is 1. The highest BCUT2D eigenvalue weighted by atomic mass is 16.5. The fourth-order valence-corrected chi connectivity index (χ4v) is 4.05. The number of esters is 1. The number of fused-ring (bicyclic) bond motifs is 5. The zero-order valence-corrected chi connectivity index (χ0v) is 12.8. The summed E-state index contributed by atoms with van der Waals surface area (Å²) in [5.74, 6) is -0.320. The summed E-state index contributed by atoms with van der Waals surface area (Å²) >= 11 is 0. The number of rotatable bonds is 3. The second kappa shape index (κ2) is 5.05. The number of allylic oxidation sites excluding steroid dienone is 2. The predicted molar refractivity (Wildman–Crippen MR) is 82.6 cm³/mol. The van der Waals surface area contributed by atoms with Gasteiger partial charge in [-0.3, -0.25) is 14.4 Å². The maximum atomic E-state index is 12.7. The zero-order valence-electron chi connectivity index (χ0n) is 12.8. The van der Waals surface area contributed by atoms with Crippen molar-refractivity contribution in [2.45, 2.75) is 19.8 Å². The number of benzene rings is 1. The van der Waals surface area contributed by atoms with Gasteiger partial charge in [-0.1, -0.05) is 25.1 Å². The Bertz CT molecular complexity index is 708. The number of hydrogen-bond donors (Lipinski definition) is 0. The average Bonchev–Trinajstić information content (AvgIpc) is 3.21. The molecule has 1 aromatic carbocycles. The van der Waals surface area contributed by atoms with E-state index in [2.05, 4.69) is 12.2 Å². The Morgan fingerprint density at radius 1 is 1.17 bits per heavy atom. The lowest BCUT2D eigenvalue weighted by Gasteiger charge is -2.17. The summed E-state index contributed by atoms with van der Waals surface area (Å²) in [4.78, 5) is 38.2. The van der Waals surface area contributed by atoms with E-state index in [0.717, 1.165) is 6.42 Å². The number of amides is 2. The van der Waals surface area contributed by atoms with Gasteiger partial charge in [0.15, 0.2) is 0 Å². The topological polar surface area (TPSA) is 63.7 Å². The largest absolute Gasteiger partial charge is 0.426 e. The van der Waals surface area contributed by atoms with Crippen molar-refractivity contribution in [2.75, 3.05) is 4.90 Å². The van der Waals surface area contributed by atoms with Gasteiger partial charge in [0.25, 0.3) is 0 Å². The highest BCUT2D eigenvalue weighted by molar-refractivity contribution is 6.22. The minimum Gasteiger partial charge on any atom is -0.426 e. The molecule has 1 aromatic rings. The van der Waals surface area contributed by atoms with E-state index in [-0.39, 0.29) is 47.9 Å². The number of carbonyl (C=O) groups is 3. The Morgan fingerprint density at radius 2 is 1.83 bits per heavy atom. The van der Waals surface area contributed by atoms with Crippen LogP contribution in [0.5, 0.6) is 5.75 Å². The minimum atomic E-state index is -0.347. The summed E-state index contributed by atoms with van der Waals surface area (Å²) in [5, 5.41) is 0. The van der Waals surface area contributed by atoms with Gasteiger partial charge in [0.1, 0.15) is 5.75 Å². The smallest absolute Gasteiger partial charge is 0.310 e. The number of imide groups is 1. The molecular weight excluding hydrogens is 294 g/mol. The predicted octanol–water partition coefficient (Wildman–Crippen LogP) is 2.31. The van der Waals surface area contributed by atoms with E-state index in [0.29, 0.717) is 11.4 Å². The lowest BCUT2D eigenvalue weighted by molar-refractivity contribution is -0.134. The molecule has 0 N–H and O–H groups in total. The third-order valence-electron chi connectivity index (χ3n) is 5.07. The summed E-state index contributed by atoms with van der Waals surface area (Å²) in [7, 11) is 0. The Labute approximate surface area is 133 Å². The summed E-state index contributed by atoms with van der Waals surface area (Å²) in [5.41, 5.74) is 0.482. The fraction of sp³-hybridized carbons (Fsp3) is 0.389. The van der Waals surface area contributed by atoms with Crippen LogP contribution in [0.4, 0.5) is 5.69 Å². The molecular formula is C18H17NO4. The first-order valence-corrected chi connectivity index (χ1v) is 7.97. The summed E-state index contributed by atoms with van der Waals surface area (Å²) in [6, 6.07) is 6.62. The molecule has 1 saturated heterocycles. The van der Waals surface area contributed by atoms with Crippen LogP contribution in [0.2, 0.25) is 0 Å². The third kappa shape index (κ3) is 2.03. The Morgan fingerprint density at radius 3 is 2.43 bits per heavy atom. The van der Waals surface area contributed by atoms with Crippen LogP contribution < -0.4 is 9.64 Å². The van der Waals surface area contributed by atoms with E-state index in [1.54, 1.807) is 31.2 Å². The van der Waals surface area contributed by atoms with Gasteiger partial charge in [-0.15, -0.1) is 0 Å². The van der Waals surface area contributed by atoms with Crippen molar-refractivity contribution in [3.63, 3.8) is 0 Å². The maximum absolute atomic E-state index is 12.7. The lowest BCUT2D eigenvalue weighted by atomic mass is 9.85. The molecule has 4 atom stereocenters. The van der Waals surface area contributed by atoms with Crippen molar-refractivity contribution < 1.29 is 19.1 Å². The molecule has 5 nitrogen and oxygen atoms in total. The maximum Gasteiger partial charge on any atom is 0.310 e. The van der Waals surface area contributed by atoms with Crippen LogP contribution >= 0.6 is 0 Å². The highest BCUT2D eigenvalue weighted by Gasteiger charge is 2.59. The van der Waals surface area contributed by atoms with Crippen molar-refractivity contribution in [1.82, 2.24) is 0 Å². The molecule has 1 heterocycles. The normalized spacial score (nSPS) is 30.9. The van der Waals surface area contributed by atoms with Crippen molar-refractivity contribution in [3.8, 4) is 5.75 Å². The average molecular weight is 311 g/mol. The van der Waals surface area contributed by atoms with Gasteiger partial charge in [-0.05, 0) is 30.4 Å². The Hall–Kier alpha value is -2.43. The molecule has 0 radical (unpaired) electrons. The Kier molecular flexibility index (Phi) is 3.11. The number of nitrogens with zero attached hydrogens (tertiary/aromatic N) is 1. The first-order chi connectivity index (χ1) is 11.1. The second-order valence-electron chi connectivity index (χ2n) is 6.34. The van der Waals surface area contributed by atoms with E-state index in [4.69, 9.17) is 4.74 Å². The van der Waals surface area contributed by atoms with Gasteiger partial charge in [-0.2, -0.15) is 0 Å². The fourth-order valence-electron chi connectivity index (χ4n) is 4.05. The molecule has 4 rings (SSSR count). The molecule has 2 bridgehead atoms. The van der Waals surface area contributed by atoms with Gasteiger partial charge in [-0.25, -0.2) is 4.90 Å². The highest BCUT2D eigenvalue weighted by Crippen LogP contribution is 2.53. The van der Waals surface area contributed by atoms with E-state index < -0.39 is 0 Å². The summed E-state index contributed by atoms with van der Waals surface area (Å²) in [6.45, 7) is 1.71. The van der Waals surface area contributed by atoms with Gasteiger partial charge in [0.05, 0.1) is 17.5 Å². The van der Waals surface area contributed by atoms with Gasteiger partial charge < -0.3 is 4.74 Å². The standard InChI is InChI=1S/C18H17NO4/c1-2-14(20)23-13-5-3-4-12(9-13)19-17(21)15-10-6-7-11(8-10)16(15)18(19)22/h3-7,9-11,15-16H,2,8H2,1H3/t10-,11+,15-,16+. The number of hydrogen-bond acceptors (Lipinski definition) is 4. The molecule has 0 spiro atoms. The van der Waals surface area contributed by atoms with Crippen LogP contribution in [-0.2, 0) is 14.4 Å². The molecule has 3 aliphatic rings. The molecule has 2 aliphatic carbocycles. The monoisotopic (exact) mass is 311 g/mol. The van der Waals surface area contributed by atoms with Gasteiger partial charge in [0, 0.05) is 12.5 Å². The Balaban J connectivity index is 1.64. The SMILES string of the molecule is CCC(=O)Oc1cccc(N2C(=O)[C@@H]3[C@H](C2=O)[C@@H]2C=C[C@H]3C2)c1. The molecule has 0 unspecified atom stereocenters. The molecule has 23 heavy (non-hydrogen) atoms. The first kappa shape index (κ1) is 14.2. The zero-order chi connectivity index (χ0) is 16.1. The number of carbonyl (C=O) groups excluding carboxylic acids is 3. The van der Waals surface area contributed by atoms with Crippen LogP contribution in [-0.4, -0.2) is 17.8 Å². The minimum absolute atomic E-state index is 0.129. The van der Waals surface area contributed by atoms with Crippen LogP contribution in [0.15, 0.2) is 36.4 Å². The summed E-state index contributed by atoms with van der Waals surface area (Å²) < 4.78 is 5.18. The molecule has 1 saturated carbocycles. The van der Waals surface area contributed by atoms with Crippen molar-refractivity contribution >= 4 is 23.5 Å². The van der Waals surface area contributed by atoms with Gasteiger partial charge in [0.2, 0.25) is 11.8 Å². The van der Waals surface area contributed by atoms with E-state index in [1.807, 2.05) is 0 Å². The first-order valence-electron chi connectivity index (χ1n) is 7.97. The van der Waals surface area contributed by atoms with Crippen LogP contribution in [0, 0.1) is 23.7 Å². The number of anilines is 1. The van der Waals surface area contributed by atoms with Crippen LogP contribution in [0.25, 0.3) is 0 Å². The summed E-state index contributed by atoms with van der Waals surface area (Å²) in [6.07, 6.45) is 5.32. The van der Waals surface area contributed by atoms with E-state index in [1.165, 1.54) is 4.90 Å². The molecule has 2 fully saturated rings. The van der Waals surface area contributed by atoms with Gasteiger partial charge >= 0.3 is 5.97 Å². The molecule has 2 amide bonds. The molecule has 118 valence electrons. The lowest BCUT2D eigenvalue weighted by Crippen LogP contribution is -2.32. The second-order valence-corrected chi connectivity index (χ2v) is 6.34. The van der Waals surface area contributed by atoms with Crippen molar-refractivity contribution in [2.24, 2.45) is 23.7 Å². The molecule has 5 heteroatoms. The molecule has 0 aromatic heterocycles. The van der Waals surface area contributed by atoms with Crippen LogP contribution in [0.3, 0.4) is 0 Å². The van der Waals surface area contributed by atoms with E-state index >= 15 is 0 Å². The third-order valence-corrected chi connectivity index (χ3v) is 5.07. The van der Waals surface area contributed by atoms with Crippen LogP contribution in [0.1, 0.15) is 19.8 Å². The van der Waals surface area contributed by atoms with Crippen molar-refractivity contribution in [3.05, 3.63) is 36.4 Å².